The van der Waals surface area contributed by atoms with E-state index >= 15 is 0 Å². The SMILES string of the molecule is Cc1ccccc1C1(CNC(=O)[C@H]2CCN[C@@H](C)C2)CCCCC1. The van der Waals surface area contributed by atoms with Crippen molar-refractivity contribution >= 4 is 5.91 Å². The first kappa shape index (κ1) is 17.5. The minimum Gasteiger partial charge on any atom is -0.355 e. The lowest BCUT2D eigenvalue weighted by atomic mass is 9.68. The van der Waals surface area contributed by atoms with Gasteiger partial charge < -0.3 is 10.6 Å². The number of carbonyl (C=O) groups excluding carboxylic acids is 1. The van der Waals surface area contributed by atoms with Gasteiger partial charge in [0.1, 0.15) is 0 Å². The standard InChI is InChI=1S/C21H32N2O/c1-16-8-4-5-9-19(16)21(11-6-3-7-12-21)15-23-20(24)18-10-13-22-17(2)14-18/h4-5,8-9,17-18,22H,3,6-7,10-15H2,1-2H3,(H,23,24)/t17-,18-/m0/s1. The highest BCUT2D eigenvalue weighted by Crippen LogP contribution is 2.40. The average Bonchev–Trinajstić information content (AvgIpc) is 2.61. The van der Waals surface area contributed by atoms with E-state index in [0.717, 1.165) is 25.9 Å². The lowest BCUT2D eigenvalue weighted by molar-refractivity contribution is -0.126. The van der Waals surface area contributed by atoms with Crippen molar-refractivity contribution < 1.29 is 4.79 Å². The monoisotopic (exact) mass is 328 g/mol. The van der Waals surface area contributed by atoms with E-state index in [-0.39, 0.29) is 17.2 Å². The van der Waals surface area contributed by atoms with Gasteiger partial charge in [0.15, 0.2) is 0 Å². The van der Waals surface area contributed by atoms with Crippen LogP contribution < -0.4 is 10.6 Å². The molecule has 3 heteroatoms. The Hall–Kier alpha value is -1.35. The molecule has 1 aliphatic heterocycles. The lowest BCUT2D eigenvalue weighted by Gasteiger charge is -2.39. The summed E-state index contributed by atoms with van der Waals surface area (Å²) in [5.74, 6) is 0.445. The van der Waals surface area contributed by atoms with Gasteiger partial charge >= 0.3 is 0 Å². The molecule has 3 nitrogen and oxygen atoms in total. The van der Waals surface area contributed by atoms with Gasteiger partial charge in [0, 0.05) is 23.9 Å². The second-order valence-electron chi connectivity index (χ2n) is 7.95. The summed E-state index contributed by atoms with van der Waals surface area (Å²) in [6.07, 6.45) is 8.19. The average molecular weight is 329 g/mol. The first-order chi connectivity index (χ1) is 11.6. The van der Waals surface area contributed by atoms with Crippen molar-refractivity contribution in [1.82, 2.24) is 10.6 Å². The highest BCUT2D eigenvalue weighted by Gasteiger charge is 2.36. The molecule has 1 saturated heterocycles. The van der Waals surface area contributed by atoms with Crippen LogP contribution in [0.2, 0.25) is 0 Å². The molecule has 3 rings (SSSR count). The summed E-state index contributed by atoms with van der Waals surface area (Å²) < 4.78 is 0. The Morgan fingerprint density at radius 1 is 1.25 bits per heavy atom. The molecule has 132 valence electrons. The molecule has 24 heavy (non-hydrogen) atoms. The maximum absolute atomic E-state index is 12.7. The van der Waals surface area contributed by atoms with Crippen molar-refractivity contribution in [2.45, 2.75) is 70.3 Å². The van der Waals surface area contributed by atoms with Crippen molar-refractivity contribution in [2.24, 2.45) is 5.92 Å². The maximum atomic E-state index is 12.7. The van der Waals surface area contributed by atoms with Gasteiger partial charge in [-0.05, 0) is 57.2 Å². The summed E-state index contributed by atoms with van der Waals surface area (Å²) in [5, 5.41) is 6.78. The van der Waals surface area contributed by atoms with Crippen LogP contribution in [0.3, 0.4) is 0 Å². The number of hydrogen-bond donors (Lipinski definition) is 2. The number of nitrogens with one attached hydrogen (secondary N) is 2. The molecule has 1 aromatic rings. The van der Waals surface area contributed by atoms with Gasteiger partial charge in [-0.1, -0.05) is 43.5 Å². The number of aryl methyl sites for hydroxylation is 1. The first-order valence-corrected chi connectivity index (χ1v) is 9.68. The summed E-state index contributed by atoms with van der Waals surface area (Å²) in [4.78, 5) is 12.7. The third-order valence-electron chi connectivity index (χ3n) is 6.12. The number of rotatable bonds is 4. The molecule has 0 radical (unpaired) electrons. The molecule has 0 aromatic heterocycles. The third kappa shape index (κ3) is 3.83. The normalized spacial score (nSPS) is 26.8. The van der Waals surface area contributed by atoms with E-state index in [9.17, 15) is 4.79 Å². The molecule has 0 bridgehead atoms. The molecule has 1 saturated carbocycles. The van der Waals surface area contributed by atoms with E-state index in [2.05, 4.69) is 48.7 Å². The van der Waals surface area contributed by atoms with Gasteiger partial charge in [0.05, 0.1) is 0 Å². The third-order valence-corrected chi connectivity index (χ3v) is 6.12. The molecular formula is C21H32N2O. The number of carbonyl (C=O) groups is 1. The van der Waals surface area contributed by atoms with Crippen LogP contribution in [-0.4, -0.2) is 25.0 Å². The van der Waals surface area contributed by atoms with Crippen molar-refractivity contribution in [3.05, 3.63) is 35.4 Å². The second kappa shape index (κ2) is 7.69. The van der Waals surface area contributed by atoms with E-state index in [4.69, 9.17) is 0 Å². The fourth-order valence-electron chi connectivity index (χ4n) is 4.71. The molecule has 1 amide bonds. The van der Waals surface area contributed by atoms with Crippen LogP contribution >= 0.6 is 0 Å². The van der Waals surface area contributed by atoms with Crippen LogP contribution in [0.15, 0.2) is 24.3 Å². The van der Waals surface area contributed by atoms with E-state index in [1.165, 1.54) is 43.2 Å². The Labute approximate surface area is 146 Å². The summed E-state index contributed by atoms with van der Waals surface area (Å²) >= 11 is 0. The van der Waals surface area contributed by atoms with Crippen LogP contribution in [0, 0.1) is 12.8 Å². The van der Waals surface area contributed by atoms with Gasteiger partial charge in [0.25, 0.3) is 0 Å². The lowest BCUT2D eigenvalue weighted by Crippen LogP contribution is -2.47. The Morgan fingerprint density at radius 3 is 2.71 bits per heavy atom. The fourth-order valence-corrected chi connectivity index (χ4v) is 4.71. The van der Waals surface area contributed by atoms with Crippen molar-refractivity contribution in [1.29, 1.82) is 0 Å². The zero-order valence-electron chi connectivity index (χ0n) is 15.2. The fraction of sp³-hybridized carbons (Fsp3) is 0.667. The van der Waals surface area contributed by atoms with Crippen LogP contribution in [0.25, 0.3) is 0 Å². The Kier molecular flexibility index (Phi) is 5.60. The van der Waals surface area contributed by atoms with Gasteiger partial charge in [0.2, 0.25) is 5.91 Å². The van der Waals surface area contributed by atoms with Crippen molar-refractivity contribution in [2.75, 3.05) is 13.1 Å². The topological polar surface area (TPSA) is 41.1 Å². The van der Waals surface area contributed by atoms with E-state index in [0.29, 0.717) is 6.04 Å². The summed E-state index contributed by atoms with van der Waals surface area (Å²) in [6, 6.07) is 9.20. The molecule has 2 aliphatic rings. The van der Waals surface area contributed by atoms with Crippen LogP contribution in [0.1, 0.15) is 63.0 Å². The Balaban J connectivity index is 1.71. The van der Waals surface area contributed by atoms with Crippen LogP contribution in [0.4, 0.5) is 0 Å². The zero-order chi connectivity index (χ0) is 17.0. The first-order valence-electron chi connectivity index (χ1n) is 9.68. The summed E-state index contributed by atoms with van der Waals surface area (Å²) in [7, 11) is 0. The van der Waals surface area contributed by atoms with Gasteiger partial charge in [-0.25, -0.2) is 0 Å². The Bertz CT molecular complexity index is 563. The van der Waals surface area contributed by atoms with Crippen LogP contribution in [-0.2, 0) is 10.2 Å². The molecule has 0 unspecified atom stereocenters. The number of piperidine rings is 1. The number of amides is 1. The van der Waals surface area contributed by atoms with E-state index in [1.807, 2.05) is 0 Å². The van der Waals surface area contributed by atoms with E-state index in [1.54, 1.807) is 0 Å². The highest BCUT2D eigenvalue weighted by atomic mass is 16.1. The number of hydrogen-bond acceptors (Lipinski definition) is 2. The summed E-state index contributed by atoms with van der Waals surface area (Å²) in [6.45, 7) is 6.15. The minimum atomic E-state index is 0.137. The maximum Gasteiger partial charge on any atom is 0.223 e. The molecule has 0 spiro atoms. The second-order valence-corrected chi connectivity index (χ2v) is 7.95. The predicted octanol–water partition coefficient (Wildman–Crippen LogP) is 3.70. The summed E-state index contributed by atoms with van der Waals surface area (Å²) in [5.41, 5.74) is 2.95. The van der Waals surface area contributed by atoms with Gasteiger partial charge in [-0.2, -0.15) is 0 Å². The van der Waals surface area contributed by atoms with Gasteiger partial charge in [-0.15, -0.1) is 0 Å². The predicted molar refractivity (Wildman–Crippen MR) is 99.1 cm³/mol. The smallest absolute Gasteiger partial charge is 0.223 e. The largest absolute Gasteiger partial charge is 0.355 e. The highest BCUT2D eigenvalue weighted by molar-refractivity contribution is 5.79. The molecule has 2 fully saturated rings. The number of benzene rings is 1. The van der Waals surface area contributed by atoms with E-state index < -0.39 is 0 Å². The van der Waals surface area contributed by atoms with Crippen LogP contribution in [0.5, 0.6) is 0 Å². The molecule has 2 N–H and O–H groups in total. The molecular weight excluding hydrogens is 296 g/mol. The molecule has 1 aromatic carbocycles. The molecule has 2 atom stereocenters. The minimum absolute atomic E-state index is 0.137. The van der Waals surface area contributed by atoms with Crippen molar-refractivity contribution in [3.63, 3.8) is 0 Å². The zero-order valence-corrected chi connectivity index (χ0v) is 15.2. The Morgan fingerprint density at radius 2 is 2.00 bits per heavy atom. The molecule has 1 heterocycles. The molecule has 1 aliphatic carbocycles. The quantitative estimate of drug-likeness (QED) is 0.885. The van der Waals surface area contributed by atoms with Gasteiger partial charge in [-0.3, -0.25) is 4.79 Å². The van der Waals surface area contributed by atoms with Crippen molar-refractivity contribution in [3.8, 4) is 0 Å².